The summed E-state index contributed by atoms with van der Waals surface area (Å²) >= 11 is 3.31. The Bertz CT molecular complexity index is 531. The summed E-state index contributed by atoms with van der Waals surface area (Å²) in [5.41, 5.74) is 0. The standard InChI is InChI=1S/C13H19BrN4O3/c1-7(2)10(17-13(20)21)12(19)18-5-3-4-8(18)11-15-6-9(14)16-11/h6-8,10,17H,3-5H2,1-2H3,(H,15,16)(H,20,21). The molecule has 0 bridgehead atoms. The van der Waals surface area contributed by atoms with Crippen molar-refractivity contribution >= 4 is 27.9 Å². The van der Waals surface area contributed by atoms with Crippen LogP contribution in [-0.2, 0) is 4.79 Å². The molecule has 0 spiro atoms. The summed E-state index contributed by atoms with van der Waals surface area (Å²) in [5, 5.41) is 11.2. The van der Waals surface area contributed by atoms with E-state index in [-0.39, 0.29) is 17.9 Å². The van der Waals surface area contributed by atoms with E-state index >= 15 is 0 Å². The first-order chi connectivity index (χ1) is 9.90. The first kappa shape index (κ1) is 15.8. The molecule has 0 aromatic carbocycles. The number of imidazole rings is 1. The monoisotopic (exact) mass is 358 g/mol. The number of carboxylic acid groups (broad SMARTS) is 1. The van der Waals surface area contributed by atoms with Crippen LogP contribution >= 0.6 is 15.9 Å². The van der Waals surface area contributed by atoms with E-state index in [9.17, 15) is 9.59 Å². The van der Waals surface area contributed by atoms with Crippen LogP contribution in [0, 0.1) is 5.92 Å². The van der Waals surface area contributed by atoms with Gasteiger partial charge in [0.05, 0.1) is 12.2 Å². The van der Waals surface area contributed by atoms with Gasteiger partial charge in [0.15, 0.2) is 0 Å². The van der Waals surface area contributed by atoms with Gasteiger partial charge in [-0.25, -0.2) is 9.78 Å². The van der Waals surface area contributed by atoms with Gasteiger partial charge in [0.2, 0.25) is 5.91 Å². The summed E-state index contributed by atoms with van der Waals surface area (Å²) in [6, 6.07) is -0.859. The number of amides is 2. The Labute approximate surface area is 131 Å². The number of hydrogen-bond donors (Lipinski definition) is 3. The molecule has 21 heavy (non-hydrogen) atoms. The SMILES string of the molecule is CC(C)C(NC(=O)O)C(=O)N1CCCC1c1ncc(Br)[nH]1. The number of H-pyrrole nitrogens is 1. The third-order valence-corrected chi connectivity index (χ3v) is 4.03. The summed E-state index contributed by atoms with van der Waals surface area (Å²) in [5.74, 6) is 0.422. The normalized spacial score (nSPS) is 19.8. The van der Waals surface area contributed by atoms with Crippen molar-refractivity contribution in [3.05, 3.63) is 16.6 Å². The molecular formula is C13H19BrN4O3. The molecule has 0 saturated carbocycles. The van der Waals surface area contributed by atoms with Gasteiger partial charge in [0, 0.05) is 6.54 Å². The summed E-state index contributed by atoms with van der Waals surface area (Å²) in [4.78, 5) is 32.6. The fraction of sp³-hybridized carbons (Fsp3) is 0.615. The molecule has 3 N–H and O–H groups in total. The molecule has 1 aromatic heterocycles. The summed E-state index contributed by atoms with van der Waals surface area (Å²) < 4.78 is 0.765. The van der Waals surface area contributed by atoms with Crippen LogP contribution in [0.4, 0.5) is 4.79 Å². The lowest BCUT2D eigenvalue weighted by atomic mass is 10.0. The molecule has 8 heteroatoms. The van der Waals surface area contributed by atoms with Crippen molar-refractivity contribution in [3.8, 4) is 0 Å². The van der Waals surface area contributed by atoms with Crippen LogP contribution in [0.5, 0.6) is 0 Å². The number of hydrogen-bond acceptors (Lipinski definition) is 3. The van der Waals surface area contributed by atoms with Crippen LogP contribution in [0.1, 0.15) is 38.6 Å². The molecule has 116 valence electrons. The molecule has 1 aliphatic heterocycles. The predicted octanol–water partition coefficient (Wildman–Crippen LogP) is 2.13. The molecule has 2 heterocycles. The Morgan fingerprint density at radius 3 is 2.81 bits per heavy atom. The molecule has 7 nitrogen and oxygen atoms in total. The lowest BCUT2D eigenvalue weighted by Crippen LogP contribution is -2.50. The summed E-state index contributed by atoms with van der Waals surface area (Å²) in [6.07, 6.45) is 2.18. The molecular weight excluding hydrogens is 340 g/mol. The molecule has 1 saturated heterocycles. The van der Waals surface area contributed by atoms with Gasteiger partial charge < -0.3 is 20.3 Å². The van der Waals surface area contributed by atoms with Crippen LogP contribution < -0.4 is 5.32 Å². The highest BCUT2D eigenvalue weighted by atomic mass is 79.9. The average molecular weight is 359 g/mol. The van der Waals surface area contributed by atoms with Crippen LogP contribution in [0.3, 0.4) is 0 Å². The summed E-state index contributed by atoms with van der Waals surface area (Å²) in [7, 11) is 0. The van der Waals surface area contributed by atoms with Crippen molar-refractivity contribution < 1.29 is 14.7 Å². The minimum absolute atomic E-state index is 0.113. The number of halogens is 1. The largest absolute Gasteiger partial charge is 0.465 e. The van der Waals surface area contributed by atoms with E-state index in [0.29, 0.717) is 6.54 Å². The maximum absolute atomic E-state index is 12.7. The molecule has 2 amide bonds. The lowest BCUT2D eigenvalue weighted by Gasteiger charge is -2.29. The first-order valence-electron chi connectivity index (χ1n) is 6.90. The second-order valence-electron chi connectivity index (χ2n) is 5.48. The van der Waals surface area contributed by atoms with E-state index in [2.05, 4.69) is 31.2 Å². The van der Waals surface area contributed by atoms with Gasteiger partial charge in [0.25, 0.3) is 0 Å². The molecule has 2 rings (SSSR count). The van der Waals surface area contributed by atoms with Crippen molar-refractivity contribution in [2.45, 2.75) is 38.8 Å². The zero-order chi connectivity index (χ0) is 15.6. The lowest BCUT2D eigenvalue weighted by molar-refractivity contribution is -0.135. The van der Waals surface area contributed by atoms with Gasteiger partial charge in [-0.2, -0.15) is 0 Å². The van der Waals surface area contributed by atoms with E-state index in [0.717, 1.165) is 23.3 Å². The van der Waals surface area contributed by atoms with Crippen LogP contribution in [0.15, 0.2) is 10.8 Å². The Morgan fingerprint density at radius 2 is 2.29 bits per heavy atom. The first-order valence-corrected chi connectivity index (χ1v) is 7.69. The predicted molar refractivity (Wildman–Crippen MR) is 79.8 cm³/mol. The van der Waals surface area contributed by atoms with E-state index < -0.39 is 12.1 Å². The van der Waals surface area contributed by atoms with E-state index in [1.54, 1.807) is 11.1 Å². The van der Waals surface area contributed by atoms with Gasteiger partial charge in [-0.1, -0.05) is 13.8 Å². The molecule has 2 atom stereocenters. The molecule has 2 unspecified atom stereocenters. The van der Waals surface area contributed by atoms with E-state index in [1.165, 1.54) is 0 Å². The van der Waals surface area contributed by atoms with Gasteiger partial charge in [-0.3, -0.25) is 4.79 Å². The van der Waals surface area contributed by atoms with Gasteiger partial charge >= 0.3 is 6.09 Å². The third kappa shape index (κ3) is 3.55. The van der Waals surface area contributed by atoms with Crippen molar-refractivity contribution in [3.63, 3.8) is 0 Å². The van der Waals surface area contributed by atoms with Gasteiger partial charge in [-0.15, -0.1) is 0 Å². The van der Waals surface area contributed by atoms with Crippen molar-refractivity contribution in [1.29, 1.82) is 0 Å². The maximum Gasteiger partial charge on any atom is 0.405 e. The molecule has 0 radical (unpaired) electrons. The minimum atomic E-state index is -1.18. The number of nitrogens with zero attached hydrogens (tertiary/aromatic N) is 2. The van der Waals surface area contributed by atoms with E-state index in [1.807, 2.05) is 13.8 Å². The molecule has 1 aromatic rings. The fourth-order valence-electron chi connectivity index (χ4n) is 2.62. The number of nitrogens with one attached hydrogen (secondary N) is 2. The number of carbonyl (C=O) groups excluding carboxylic acids is 1. The highest BCUT2D eigenvalue weighted by Crippen LogP contribution is 2.31. The maximum atomic E-state index is 12.7. The molecule has 1 fully saturated rings. The van der Waals surface area contributed by atoms with Crippen LogP contribution in [-0.4, -0.2) is 44.6 Å². The number of aromatic amines is 1. The minimum Gasteiger partial charge on any atom is -0.465 e. The Morgan fingerprint density at radius 1 is 1.57 bits per heavy atom. The number of carbonyl (C=O) groups is 2. The second kappa shape index (κ2) is 6.46. The number of aromatic nitrogens is 2. The zero-order valence-electron chi connectivity index (χ0n) is 12.0. The highest BCUT2D eigenvalue weighted by molar-refractivity contribution is 9.10. The van der Waals surface area contributed by atoms with Crippen LogP contribution in [0.25, 0.3) is 0 Å². The molecule has 0 aliphatic carbocycles. The second-order valence-corrected chi connectivity index (χ2v) is 6.33. The fourth-order valence-corrected chi connectivity index (χ4v) is 2.93. The van der Waals surface area contributed by atoms with E-state index in [4.69, 9.17) is 5.11 Å². The highest BCUT2D eigenvalue weighted by Gasteiger charge is 2.37. The Hall–Kier alpha value is -1.57. The zero-order valence-corrected chi connectivity index (χ0v) is 13.6. The Kier molecular flexibility index (Phi) is 4.87. The summed E-state index contributed by atoms with van der Waals surface area (Å²) in [6.45, 7) is 4.27. The molecule has 1 aliphatic rings. The third-order valence-electron chi connectivity index (χ3n) is 3.63. The van der Waals surface area contributed by atoms with Crippen molar-refractivity contribution in [1.82, 2.24) is 20.2 Å². The van der Waals surface area contributed by atoms with Crippen molar-refractivity contribution in [2.24, 2.45) is 5.92 Å². The van der Waals surface area contributed by atoms with Crippen molar-refractivity contribution in [2.75, 3.05) is 6.54 Å². The number of rotatable bonds is 4. The Balaban J connectivity index is 2.17. The topological polar surface area (TPSA) is 98.3 Å². The number of likely N-dealkylation sites (tertiary alicyclic amines) is 1. The van der Waals surface area contributed by atoms with Crippen LogP contribution in [0.2, 0.25) is 0 Å². The average Bonchev–Trinajstić information content (AvgIpc) is 3.02. The van der Waals surface area contributed by atoms with Gasteiger partial charge in [0.1, 0.15) is 16.5 Å². The quantitative estimate of drug-likeness (QED) is 0.767. The van der Waals surface area contributed by atoms with Gasteiger partial charge in [-0.05, 0) is 34.7 Å². The smallest absolute Gasteiger partial charge is 0.405 e.